The first-order valence-corrected chi connectivity index (χ1v) is 21.5. The molecule has 0 bridgehead atoms. The number of furan rings is 1. The summed E-state index contributed by atoms with van der Waals surface area (Å²) in [5.41, 5.74) is 13.8. The van der Waals surface area contributed by atoms with Crippen LogP contribution in [0.25, 0.3) is 101 Å². The molecule has 0 atom stereocenters. The number of rotatable bonds is 3. The molecule has 58 heavy (non-hydrogen) atoms. The number of anilines is 2. The molecule has 0 aliphatic carbocycles. The zero-order chi connectivity index (χ0) is 38.4. The van der Waals surface area contributed by atoms with Gasteiger partial charge in [0.1, 0.15) is 11.2 Å². The number of nitrogens with zero attached hydrogens (tertiary/aromatic N) is 1. The largest absolute Gasteiger partial charge is 0.456 e. The van der Waals surface area contributed by atoms with Crippen molar-refractivity contribution in [3.8, 4) is 16.8 Å². The van der Waals surface area contributed by atoms with Gasteiger partial charge in [-0.25, -0.2) is 0 Å². The van der Waals surface area contributed by atoms with Gasteiger partial charge < -0.3 is 14.3 Å². The lowest BCUT2D eigenvalue weighted by Crippen LogP contribution is -2.37. The van der Waals surface area contributed by atoms with E-state index in [4.69, 9.17) is 4.42 Å². The highest BCUT2D eigenvalue weighted by Gasteiger charge is 2.29. The molecule has 0 amide bonds. The highest BCUT2D eigenvalue weighted by molar-refractivity contribution is 7.26. The molecule has 0 unspecified atom stereocenters. The second-order valence-electron chi connectivity index (χ2n) is 16.8. The van der Waals surface area contributed by atoms with Gasteiger partial charge in [-0.15, -0.1) is 22.7 Å². The maximum atomic E-state index is 6.52. The maximum Gasteiger partial charge on any atom is 0.198 e. The van der Waals surface area contributed by atoms with Crippen LogP contribution in [0.5, 0.6) is 0 Å². The average molecular weight is 778 g/mol. The van der Waals surface area contributed by atoms with Crippen LogP contribution in [0, 0.1) is 0 Å². The maximum absolute atomic E-state index is 6.52. The first kappa shape index (κ1) is 32.7. The lowest BCUT2D eigenvalue weighted by Gasteiger charge is -2.24. The summed E-state index contributed by atoms with van der Waals surface area (Å²) in [5.74, 6) is 0. The summed E-state index contributed by atoms with van der Waals surface area (Å²) in [6.45, 7) is 6.80. The topological polar surface area (TPSA) is 30.1 Å². The molecule has 0 fully saturated rings. The van der Waals surface area contributed by atoms with Gasteiger partial charge >= 0.3 is 0 Å². The van der Waals surface area contributed by atoms with Gasteiger partial charge in [0, 0.05) is 90.0 Å². The summed E-state index contributed by atoms with van der Waals surface area (Å²) < 4.78 is 14.3. The smallest absolute Gasteiger partial charge is 0.198 e. The first-order valence-electron chi connectivity index (χ1n) is 19.9. The number of para-hydroxylation sites is 1. The molecule has 4 aromatic heterocycles. The van der Waals surface area contributed by atoms with E-state index in [1.54, 1.807) is 0 Å². The van der Waals surface area contributed by atoms with Crippen molar-refractivity contribution < 1.29 is 4.42 Å². The van der Waals surface area contributed by atoms with Gasteiger partial charge in [0.2, 0.25) is 0 Å². The number of aromatic nitrogens is 1. The molecule has 1 aliphatic rings. The van der Waals surface area contributed by atoms with Gasteiger partial charge in [0.05, 0.1) is 5.52 Å². The number of fused-ring (bicyclic) bond motifs is 14. The van der Waals surface area contributed by atoms with Gasteiger partial charge in [-0.2, -0.15) is 0 Å². The highest BCUT2D eigenvalue weighted by atomic mass is 32.1. The molecule has 5 heterocycles. The van der Waals surface area contributed by atoms with Crippen LogP contribution in [-0.2, 0) is 5.41 Å². The standard InChI is InChI=1S/C52H34BN2OS2/c1-52(2,3)28-16-18-29(19-17-28)54-41-27-49-38(31-11-5-8-14-46(31)58-49)22-35(41)33-20-21-34-36-25-48-39(32-12-6-9-15-47(32)57-48)24-42(36)55-43-23-37-30-10-4-7-13-44(30)56-45(37)26-40(43)53-50(33)51(34)55/h4-27,54H,1-3H3. The molecule has 3 nitrogen and oxygen atoms in total. The van der Waals surface area contributed by atoms with Crippen molar-refractivity contribution in [2.45, 2.75) is 26.2 Å². The third-order valence-corrected chi connectivity index (χ3v) is 14.6. The molecule has 1 aliphatic heterocycles. The molecule has 0 saturated heterocycles. The second kappa shape index (κ2) is 11.6. The van der Waals surface area contributed by atoms with Crippen LogP contribution < -0.4 is 16.2 Å². The van der Waals surface area contributed by atoms with E-state index in [-0.39, 0.29) is 5.41 Å². The van der Waals surface area contributed by atoms with E-state index in [1.165, 1.54) is 90.0 Å². The van der Waals surface area contributed by atoms with E-state index in [0.717, 1.165) is 38.8 Å². The molecule has 8 aromatic carbocycles. The molecule has 1 N–H and O–H groups in total. The second-order valence-corrected chi connectivity index (χ2v) is 19.0. The third kappa shape index (κ3) is 4.61. The number of hydrogen-bond acceptors (Lipinski definition) is 4. The summed E-state index contributed by atoms with van der Waals surface area (Å²) in [6.07, 6.45) is 0. The Kier molecular flexibility index (Phi) is 6.56. The van der Waals surface area contributed by atoms with Crippen LogP contribution in [0.4, 0.5) is 11.4 Å². The lowest BCUT2D eigenvalue weighted by atomic mass is 9.59. The van der Waals surface area contributed by atoms with Crippen LogP contribution in [0.3, 0.4) is 0 Å². The average Bonchev–Trinajstić information content (AvgIpc) is 3.98. The van der Waals surface area contributed by atoms with Gasteiger partial charge in [-0.1, -0.05) is 105 Å². The summed E-state index contributed by atoms with van der Waals surface area (Å²) in [5, 5.41) is 13.9. The van der Waals surface area contributed by atoms with E-state index in [1.807, 2.05) is 22.7 Å². The molecule has 0 saturated carbocycles. The predicted octanol–water partition coefficient (Wildman–Crippen LogP) is 14.1. The van der Waals surface area contributed by atoms with Crippen molar-refractivity contribution in [3.63, 3.8) is 0 Å². The summed E-state index contributed by atoms with van der Waals surface area (Å²) in [4.78, 5) is 0. The SMILES string of the molecule is CC(C)(C)c1ccc(Nc2cc3sc4ccccc4c3cc2-c2ccc3c4cc5sc6ccccc6c5cc4n4c3c2[B]c2cc3oc5ccccc5c3cc2-4)cc1. The monoisotopic (exact) mass is 777 g/mol. The molecular formula is C52H34BN2OS2. The van der Waals surface area contributed by atoms with E-state index >= 15 is 0 Å². The summed E-state index contributed by atoms with van der Waals surface area (Å²) >= 11 is 3.74. The zero-order valence-electron chi connectivity index (χ0n) is 32.1. The van der Waals surface area contributed by atoms with Crippen LogP contribution in [-0.4, -0.2) is 11.8 Å². The Morgan fingerprint density at radius 3 is 1.98 bits per heavy atom. The highest BCUT2D eigenvalue weighted by Crippen LogP contribution is 2.45. The Balaban J connectivity index is 1.12. The van der Waals surface area contributed by atoms with E-state index < -0.39 is 0 Å². The number of nitrogens with one attached hydrogen (secondary N) is 1. The van der Waals surface area contributed by atoms with Crippen molar-refractivity contribution in [2.24, 2.45) is 0 Å². The fourth-order valence-corrected chi connectivity index (χ4v) is 11.8. The quantitative estimate of drug-likeness (QED) is 0.181. The zero-order valence-corrected chi connectivity index (χ0v) is 33.7. The molecule has 1 radical (unpaired) electrons. The fourth-order valence-electron chi connectivity index (χ4n) is 9.53. The Bertz CT molecular complexity index is 3720. The van der Waals surface area contributed by atoms with Crippen molar-refractivity contribution >= 4 is 136 Å². The summed E-state index contributed by atoms with van der Waals surface area (Å²) in [6, 6.07) is 54.0. The minimum Gasteiger partial charge on any atom is -0.456 e. The normalized spacial score (nSPS) is 12.9. The Hall–Kier alpha value is -6.34. The van der Waals surface area contributed by atoms with Gasteiger partial charge in [-0.05, 0) is 88.7 Å². The third-order valence-electron chi connectivity index (χ3n) is 12.4. The Morgan fingerprint density at radius 1 is 0.534 bits per heavy atom. The molecule has 273 valence electrons. The number of benzene rings is 8. The minimum atomic E-state index is 0.0818. The predicted molar refractivity (Wildman–Crippen MR) is 253 cm³/mol. The van der Waals surface area contributed by atoms with Crippen molar-refractivity contribution in [1.82, 2.24) is 4.57 Å². The van der Waals surface area contributed by atoms with Crippen LogP contribution in [0.15, 0.2) is 150 Å². The van der Waals surface area contributed by atoms with E-state index in [0.29, 0.717) is 0 Å². The van der Waals surface area contributed by atoms with Gasteiger partial charge in [0.25, 0.3) is 0 Å². The van der Waals surface area contributed by atoms with Crippen molar-refractivity contribution in [3.05, 3.63) is 151 Å². The molecule has 13 rings (SSSR count). The van der Waals surface area contributed by atoms with Crippen LogP contribution in [0.2, 0.25) is 0 Å². The number of thiophene rings is 2. The molecular weight excluding hydrogens is 744 g/mol. The van der Waals surface area contributed by atoms with Crippen molar-refractivity contribution in [2.75, 3.05) is 5.32 Å². The Labute approximate surface area is 343 Å². The van der Waals surface area contributed by atoms with Crippen molar-refractivity contribution in [1.29, 1.82) is 0 Å². The first-order chi connectivity index (χ1) is 28.3. The molecule has 6 heteroatoms. The van der Waals surface area contributed by atoms with Crippen LogP contribution >= 0.6 is 22.7 Å². The Morgan fingerprint density at radius 2 is 1.22 bits per heavy atom. The number of hydrogen-bond donors (Lipinski definition) is 1. The van der Waals surface area contributed by atoms with Crippen LogP contribution in [0.1, 0.15) is 26.3 Å². The van der Waals surface area contributed by atoms with Gasteiger partial charge in [0.15, 0.2) is 7.28 Å². The van der Waals surface area contributed by atoms with Gasteiger partial charge in [-0.3, -0.25) is 0 Å². The minimum absolute atomic E-state index is 0.0818. The molecule has 12 aromatic rings. The van der Waals surface area contributed by atoms with E-state index in [2.05, 4.69) is 184 Å². The molecule has 0 spiro atoms. The fraction of sp³-hybridized carbons (Fsp3) is 0.0769. The summed E-state index contributed by atoms with van der Waals surface area (Å²) in [7, 11) is 2.41. The van der Waals surface area contributed by atoms with E-state index in [9.17, 15) is 0 Å². The lowest BCUT2D eigenvalue weighted by molar-refractivity contribution is 0.590.